The molecule has 2 aliphatic heterocycles. The second kappa shape index (κ2) is 11.8. The fourth-order valence-corrected chi connectivity index (χ4v) is 4.36. The van der Waals surface area contributed by atoms with E-state index in [9.17, 15) is 9.59 Å². The summed E-state index contributed by atoms with van der Waals surface area (Å²) in [6, 6.07) is 5.54. The molecule has 11 nitrogen and oxygen atoms in total. The van der Waals surface area contributed by atoms with Crippen molar-refractivity contribution in [3.8, 4) is 5.88 Å². The Hall–Kier alpha value is -3.63. The van der Waals surface area contributed by atoms with Crippen molar-refractivity contribution in [3.05, 3.63) is 36.2 Å². The summed E-state index contributed by atoms with van der Waals surface area (Å²) in [5.74, 6) is 1.81. The molecule has 2 fully saturated rings. The third kappa shape index (κ3) is 7.23. The van der Waals surface area contributed by atoms with Gasteiger partial charge >= 0.3 is 12.2 Å². The molecular formula is C27H38N6O5. The van der Waals surface area contributed by atoms with Crippen molar-refractivity contribution >= 4 is 24.0 Å². The number of pyridine rings is 1. The topological polar surface area (TPSA) is 119 Å². The highest BCUT2D eigenvalue weighted by molar-refractivity contribution is 5.89. The van der Waals surface area contributed by atoms with Gasteiger partial charge < -0.3 is 24.4 Å². The summed E-state index contributed by atoms with van der Waals surface area (Å²) in [5.41, 5.74) is 0.548. The van der Waals surface area contributed by atoms with E-state index in [1.807, 2.05) is 32.9 Å². The first kappa shape index (κ1) is 27.4. The molecule has 2 saturated heterocycles. The van der Waals surface area contributed by atoms with Crippen LogP contribution in [0.5, 0.6) is 5.88 Å². The van der Waals surface area contributed by atoms with Crippen LogP contribution in [0.1, 0.15) is 53.0 Å². The predicted octanol–water partition coefficient (Wildman–Crippen LogP) is 4.29. The minimum Gasteiger partial charge on any atom is -0.474 e. The molecule has 2 aromatic rings. The quantitative estimate of drug-likeness (QED) is 0.537. The first-order valence-corrected chi connectivity index (χ1v) is 13.2. The van der Waals surface area contributed by atoms with E-state index in [1.54, 1.807) is 28.3 Å². The van der Waals surface area contributed by atoms with Crippen LogP contribution in [0.15, 0.2) is 30.6 Å². The van der Waals surface area contributed by atoms with Gasteiger partial charge in [-0.2, -0.15) is 4.98 Å². The Kier molecular flexibility index (Phi) is 8.53. The summed E-state index contributed by atoms with van der Waals surface area (Å²) < 4.78 is 16.7. The van der Waals surface area contributed by atoms with Crippen molar-refractivity contribution in [3.63, 3.8) is 0 Å². The van der Waals surface area contributed by atoms with Crippen LogP contribution in [0.4, 0.5) is 21.4 Å². The van der Waals surface area contributed by atoms with Gasteiger partial charge in [0.2, 0.25) is 11.8 Å². The lowest BCUT2D eigenvalue weighted by molar-refractivity contribution is 0.0123. The number of piperidine rings is 1. The average molecular weight is 527 g/mol. The third-order valence-corrected chi connectivity index (χ3v) is 6.44. The van der Waals surface area contributed by atoms with Crippen molar-refractivity contribution in [1.82, 2.24) is 19.9 Å². The van der Waals surface area contributed by atoms with Gasteiger partial charge in [0.25, 0.3) is 0 Å². The molecule has 1 atom stereocenters. The summed E-state index contributed by atoms with van der Waals surface area (Å²) in [5, 5.41) is 3.22. The second-order valence-corrected chi connectivity index (χ2v) is 11.0. The number of hydrogen-bond donors (Lipinski definition) is 1. The third-order valence-electron chi connectivity index (χ3n) is 6.44. The number of carbonyl (C=O) groups is 2. The Balaban J connectivity index is 1.22. The number of nitrogens with one attached hydrogen (secondary N) is 1. The molecule has 206 valence electrons. The number of ether oxygens (including phenoxy) is 3. The zero-order valence-corrected chi connectivity index (χ0v) is 22.8. The average Bonchev–Trinajstić information content (AvgIpc) is 3.26. The monoisotopic (exact) mass is 526 g/mol. The van der Waals surface area contributed by atoms with E-state index >= 15 is 0 Å². The fraction of sp³-hybridized carbons (Fsp3) is 0.593. The molecule has 1 N–H and O–H groups in total. The number of hydrogen-bond acceptors (Lipinski definition) is 9. The van der Waals surface area contributed by atoms with E-state index < -0.39 is 5.60 Å². The zero-order chi connectivity index (χ0) is 27.3. The van der Waals surface area contributed by atoms with Crippen LogP contribution in [-0.2, 0) is 15.9 Å². The lowest BCUT2D eigenvalue weighted by atomic mass is 10.0. The number of aromatic nitrogens is 3. The van der Waals surface area contributed by atoms with E-state index in [1.165, 1.54) is 0 Å². The van der Waals surface area contributed by atoms with Crippen molar-refractivity contribution in [1.29, 1.82) is 0 Å². The molecule has 38 heavy (non-hydrogen) atoms. The molecule has 0 aromatic carbocycles. The van der Waals surface area contributed by atoms with Gasteiger partial charge in [0.15, 0.2) is 0 Å². The first-order chi connectivity index (χ1) is 18.1. The molecule has 0 spiro atoms. The number of rotatable bonds is 8. The number of cyclic esters (lactones) is 1. The van der Waals surface area contributed by atoms with E-state index in [4.69, 9.17) is 14.2 Å². The van der Waals surface area contributed by atoms with E-state index in [0.717, 1.165) is 24.8 Å². The van der Waals surface area contributed by atoms with Gasteiger partial charge in [0.05, 0.1) is 6.04 Å². The van der Waals surface area contributed by atoms with Crippen LogP contribution in [0.2, 0.25) is 0 Å². The lowest BCUT2D eigenvalue weighted by Crippen LogP contribution is -2.44. The van der Waals surface area contributed by atoms with Crippen LogP contribution in [0.3, 0.4) is 0 Å². The summed E-state index contributed by atoms with van der Waals surface area (Å²) in [7, 11) is 0. The predicted molar refractivity (Wildman–Crippen MR) is 142 cm³/mol. The fourth-order valence-electron chi connectivity index (χ4n) is 4.36. The van der Waals surface area contributed by atoms with Crippen LogP contribution >= 0.6 is 0 Å². The minimum atomic E-state index is -0.497. The summed E-state index contributed by atoms with van der Waals surface area (Å²) in [4.78, 5) is 41.0. The van der Waals surface area contributed by atoms with Crippen molar-refractivity contribution in [2.24, 2.45) is 5.92 Å². The number of amides is 2. The van der Waals surface area contributed by atoms with Gasteiger partial charge in [-0.3, -0.25) is 4.90 Å². The highest BCUT2D eigenvalue weighted by Gasteiger charge is 2.37. The molecule has 0 saturated carbocycles. The number of carbonyl (C=O) groups excluding carboxylic acids is 2. The standard InChI is InChI=1S/C27H38N6O5/c1-18(2)21-17-36-26(35)33(21)22-9-13-29-24(31-22)28-12-8-19-6-7-23(30-16-19)37-20-10-14-32(15-11-20)25(34)38-27(3,4)5/h6-7,9,13,16,18,20-21H,8,10-12,14-15,17H2,1-5H3,(H,28,29,31)/t21-/m1/s1. The smallest absolute Gasteiger partial charge is 0.415 e. The van der Waals surface area contributed by atoms with Crippen LogP contribution < -0.4 is 15.0 Å². The van der Waals surface area contributed by atoms with E-state index in [0.29, 0.717) is 43.9 Å². The van der Waals surface area contributed by atoms with Gasteiger partial charge in [0, 0.05) is 50.9 Å². The molecule has 2 amide bonds. The molecule has 0 aliphatic carbocycles. The molecular weight excluding hydrogens is 488 g/mol. The minimum absolute atomic E-state index is 0.0151. The maximum atomic E-state index is 12.2. The number of nitrogens with zero attached hydrogens (tertiary/aromatic N) is 5. The summed E-state index contributed by atoms with van der Waals surface area (Å²) in [6.07, 6.45) is 4.99. The van der Waals surface area contributed by atoms with Gasteiger partial charge in [0.1, 0.15) is 24.1 Å². The Morgan fingerprint density at radius 2 is 1.95 bits per heavy atom. The van der Waals surface area contributed by atoms with E-state index in [-0.39, 0.29) is 30.3 Å². The van der Waals surface area contributed by atoms with Gasteiger partial charge in [-0.1, -0.05) is 19.9 Å². The number of anilines is 2. The van der Waals surface area contributed by atoms with Gasteiger partial charge in [-0.15, -0.1) is 0 Å². The molecule has 2 aliphatic rings. The van der Waals surface area contributed by atoms with Crippen LogP contribution in [-0.4, -0.2) is 76.0 Å². The Morgan fingerprint density at radius 3 is 2.61 bits per heavy atom. The molecule has 0 radical (unpaired) electrons. The molecule has 4 heterocycles. The zero-order valence-electron chi connectivity index (χ0n) is 22.8. The Labute approximate surface area is 223 Å². The largest absolute Gasteiger partial charge is 0.474 e. The highest BCUT2D eigenvalue weighted by atomic mass is 16.6. The molecule has 2 aromatic heterocycles. The number of likely N-dealkylation sites (tertiary alicyclic amines) is 1. The Morgan fingerprint density at radius 1 is 1.18 bits per heavy atom. The van der Waals surface area contributed by atoms with Crippen LogP contribution in [0.25, 0.3) is 0 Å². The summed E-state index contributed by atoms with van der Waals surface area (Å²) in [6.45, 7) is 11.9. The maximum Gasteiger partial charge on any atom is 0.415 e. The second-order valence-electron chi connectivity index (χ2n) is 11.0. The SMILES string of the molecule is CC(C)[C@H]1COC(=O)N1c1ccnc(NCCc2ccc(OC3CCN(C(=O)OC(C)(C)C)CC3)nc2)n1. The molecule has 0 unspecified atom stereocenters. The molecule has 11 heteroatoms. The lowest BCUT2D eigenvalue weighted by Gasteiger charge is -2.33. The first-order valence-electron chi connectivity index (χ1n) is 13.2. The Bertz CT molecular complexity index is 1100. The van der Waals surface area contributed by atoms with Crippen molar-refractivity contribution in [2.45, 2.75) is 71.6 Å². The summed E-state index contributed by atoms with van der Waals surface area (Å²) >= 11 is 0. The normalized spacial score (nSPS) is 18.5. The van der Waals surface area contributed by atoms with E-state index in [2.05, 4.69) is 34.1 Å². The van der Waals surface area contributed by atoms with Crippen molar-refractivity contribution < 1.29 is 23.8 Å². The molecule has 0 bridgehead atoms. The van der Waals surface area contributed by atoms with Gasteiger partial charge in [-0.25, -0.2) is 19.6 Å². The van der Waals surface area contributed by atoms with Crippen LogP contribution in [0, 0.1) is 5.92 Å². The highest BCUT2D eigenvalue weighted by Crippen LogP contribution is 2.26. The molecule has 4 rings (SSSR count). The van der Waals surface area contributed by atoms with Crippen molar-refractivity contribution in [2.75, 3.05) is 36.5 Å². The maximum absolute atomic E-state index is 12.2. The van der Waals surface area contributed by atoms with Gasteiger partial charge in [-0.05, 0) is 44.7 Å².